The Hall–Kier alpha value is -2.23. The van der Waals surface area contributed by atoms with Crippen LogP contribution in [0.1, 0.15) is 5.56 Å². The molecule has 1 aromatic heterocycles. The minimum absolute atomic E-state index is 0.0517. The molecule has 0 aliphatic heterocycles. The number of amides is 1. The molecular formula is C14H12BrF3N2O4. The molecule has 2 rings (SSSR count). The Labute approximate surface area is 142 Å². The molecule has 0 radical (unpaired) electrons. The van der Waals surface area contributed by atoms with Gasteiger partial charge in [-0.05, 0) is 39.7 Å². The molecule has 0 aliphatic rings. The highest BCUT2D eigenvalue weighted by Gasteiger charge is 2.41. The third-order valence-electron chi connectivity index (χ3n) is 3.29. The lowest BCUT2D eigenvalue weighted by Gasteiger charge is -2.17. The van der Waals surface area contributed by atoms with Crippen LogP contribution in [-0.4, -0.2) is 41.3 Å². The number of halogens is 4. The summed E-state index contributed by atoms with van der Waals surface area (Å²) in [4.78, 5) is 25.8. The molecule has 10 heteroatoms. The fourth-order valence-electron chi connectivity index (χ4n) is 2.18. The number of rotatable bonds is 4. The van der Waals surface area contributed by atoms with Gasteiger partial charge < -0.3 is 20.1 Å². The molecule has 2 aromatic rings. The van der Waals surface area contributed by atoms with Crippen LogP contribution in [0, 0.1) is 0 Å². The van der Waals surface area contributed by atoms with Crippen LogP contribution in [0.2, 0.25) is 0 Å². The van der Waals surface area contributed by atoms with Crippen molar-refractivity contribution < 1.29 is 32.6 Å². The number of methoxy groups -OCH3 is 1. The number of benzene rings is 1. The largest absolute Gasteiger partial charge is 0.508 e. The molecule has 1 heterocycles. The van der Waals surface area contributed by atoms with Gasteiger partial charge in [-0.15, -0.1) is 0 Å². The van der Waals surface area contributed by atoms with Gasteiger partial charge in [-0.3, -0.25) is 4.79 Å². The van der Waals surface area contributed by atoms with Gasteiger partial charge in [0.15, 0.2) is 0 Å². The SMILES string of the molecule is COC(=O)[C@H](Cc1c(Br)[nH]c2ccc(O)cc12)NC(=O)C(F)(F)F. The predicted molar refractivity (Wildman–Crippen MR) is 81.4 cm³/mol. The minimum atomic E-state index is -5.12. The standard InChI is InChI=1S/C14H12BrF3N2O4/c1-24-12(22)10(20-13(23)14(16,17)18)5-8-7-4-6(21)2-3-9(7)19-11(8)15/h2-4,10,19,21H,5H2,1H3,(H,20,23)/t10-/m0/s1. The van der Waals surface area contributed by atoms with Crippen LogP contribution in [0.25, 0.3) is 10.9 Å². The number of carbonyl (C=O) groups excluding carboxylic acids is 2. The van der Waals surface area contributed by atoms with Gasteiger partial charge in [0.1, 0.15) is 11.8 Å². The Morgan fingerprint density at radius 3 is 2.67 bits per heavy atom. The van der Waals surface area contributed by atoms with Crippen LogP contribution in [0.5, 0.6) is 5.75 Å². The molecule has 0 aliphatic carbocycles. The van der Waals surface area contributed by atoms with E-state index in [9.17, 15) is 27.9 Å². The zero-order valence-electron chi connectivity index (χ0n) is 12.2. The number of fused-ring (bicyclic) bond motifs is 1. The van der Waals surface area contributed by atoms with Gasteiger partial charge in [0, 0.05) is 17.3 Å². The van der Waals surface area contributed by atoms with Crippen molar-refractivity contribution in [3.63, 3.8) is 0 Å². The maximum atomic E-state index is 12.4. The van der Waals surface area contributed by atoms with E-state index in [4.69, 9.17) is 0 Å². The Bertz CT molecular complexity index is 788. The quantitative estimate of drug-likeness (QED) is 0.677. The Morgan fingerprint density at radius 1 is 1.42 bits per heavy atom. The number of aromatic hydroxyl groups is 1. The highest BCUT2D eigenvalue weighted by atomic mass is 79.9. The predicted octanol–water partition coefficient (Wildman–Crippen LogP) is 2.40. The second kappa shape index (κ2) is 6.71. The number of aromatic amines is 1. The molecule has 130 valence electrons. The normalized spacial score (nSPS) is 12.9. The number of phenolic OH excluding ortho intramolecular Hbond substituents is 1. The second-order valence-electron chi connectivity index (χ2n) is 4.90. The van der Waals surface area contributed by atoms with Crippen molar-refractivity contribution in [1.29, 1.82) is 0 Å². The number of hydrogen-bond acceptors (Lipinski definition) is 4. The van der Waals surface area contributed by atoms with Crippen LogP contribution in [0.15, 0.2) is 22.8 Å². The number of H-pyrrole nitrogens is 1. The van der Waals surface area contributed by atoms with Crippen molar-refractivity contribution >= 4 is 38.7 Å². The molecule has 1 atom stereocenters. The zero-order chi connectivity index (χ0) is 18.1. The van der Waals surface area contributed by atoms with Crippen LogP contribution in [0.4, 0.5) is 13.2 Å². The number of phenols is 1. The van der Waals surface area contributed by atoms with E-state index in [1.165, 1.54) is 12.1 Å². The summed E-state index contributed by atoms with van der Waals surface area (Å²) in [6, 6.07) is 2.85. The van der Waals surface area contributed by atoms with Gasteiger partial charge in [-0.25, -0.2) is 4.79 Å². The summed E-state index contributed by atoms with van der Waals surface area (Å²) in [6.07, 6.45) is -5.39. The summed E-state index contributed by atoms with van der Waals surface area (Å²) < 4.78 is 42.2. The molecule has 0 saturated carbocycles. The van der Waals surface area contributed by atoms with Gasteiger partial charge in [-0.1, -0.05) is 0 Å². The van der Waals surface area contributed by atoms with Crippen molar-refractivity contribution in [3.05, 3.63) is 28.4 Å². The van der Waals surface area contributed by atoms with E-state index < -0.39 is 24.1 Å². The van der Waals surface area contributed by atoms with Crippen molar-refractivity contribution in [2.45, 2.75) is 18.6 Å². The second-order valence-corrected chi connectivity index (χ2v) is 5.69. The maximum Gasteiger partial charge on any atom is 0.471 e. The zero-order valence-corrected chi connectivity index (χ0v) is 13.8. The van der Waals surface area contributed by atoms with Crippen LogP contribution in [0.3, 0.4) is 0 Å². The summed E-state index contributed by atoms with van der Waals surface area (Å²) in [5, 5.41) is 11.7. The van der Waals surface area contributed by atoms with Gasteiger partial charge in [0.05, 0.1) is 11.7 Å². The first-order valence-corrected chi connectivity index (χ1v) is 7.37. The first-order chi connectivity index (χ1) is 11.1. The summed E-state index contributed by atoms with van der Waals surface area (Å²) >= 11 is 3.22. The fourth-order valence-corrected chi connectivity index (χ4v) is 2.77. The highest BCUT2D eigenvalue weighted by molar-refractivity contribution is 9.10. The smallest absolute Gasteiger partial charge is 0.471 e. The Morgan fingerprint density at radius 2 is 2.08 bits per heavy atom. The third kappa shape index (κ3) is 3.81. The van der Waals surface area contributed by atoms with Crippen molar-refractivity contribution in [3.8, 4) is 5.75 Å². The molecule has 24 heavy (non-hydrogen) atoms. The number of alkyl halides is 3. The number of aromatic nitrogens is 1. The summed E-state index contributed by atoms with van der Waals surface area (Å²) in [5.74, 6) is -3.31. The number of hydrogen-bond donors (Lipinski definition) is 3. The molecule has 0 fully saturated rings. The van der Waals surface area contributed by atoms with E-state index in [0.717, 1.165) is 7.11 Å². The monoisotopic (exact) mass is 408 g/mol. The van der Waals surface area contributed by atoms with Gasteiger partial charge in [0.25, 0.3) is 0 Å². The summed E-state index contributed by atoms with van der Waals surface area (Å²) in [5.41, 5.74) is 1.01. The number of carbonyl (C=O) groups is 2. The molecule has 0 spiro atoms. The summed E-state index contributed by atoms with van der Waals surface area (Å²) in [7, 11) is 1.01. The van der Waals surface area contributed by atoms with Crippen LogP contribution >= 0.6 is 15.9 Å². The van der Waals surface area contributed by atoms with Crippen LogP contribution < -0.4 is 5.32 Å². The third-order valence-corrected chi connectivity index (χ3v) is 3.97. The average Bonchev–Trinajstić information content (AvgIpc) is 2.80. The minimum Gasteiger partial charge on any atom is -0.508 e. The topological polar surface area (TPSA) is 91.4 Å². The molecule has 0 unspecified atom stereocenters. The average molecular weight is 409 g/mol. The lowest BCUT2D eigenvalue weighted by atomic mass is 10.0. The fraction of sp³-hybridized carbons (Fsp3) is 0.286. The summed E-state index contributed by atoms with van der Waals surface area (Å²) in [6.45, 7) is 0. The van der Waals surface area contributed by atoms with Crippen LogP contribution in [-0.2, 0) is 20.7 Å². The maximum absolute atomic E-state index is 12.4. The molecule has 6 nitrogen and oxygen atoms in total. The molecule has 0 bridgehead atoms. The van der Waals surface area contributed by atoms with E-state index in [2.05, 4.69) is 25.7 Å². The van der Waals surface area contributed by atoms with Gasteiger partial charge in [0.2, 0.25) is 0 Å². The van der Waals surface area contributed by atoms with E-state index in [1.54, 1.807) is 11.4 Å². The molecule has 0 saturated heterocycles. The Kier molecular flexibility index (Phi) is 5.07. The first-order valence-electron chi connectivity index (χ1n) is 6.58. The molecule has 3 N–H and O–H groups in total. The van der Waals surface area contributed by atoms with Crippen molar-refractivity contribution in [2.24, 2.45) is 0 Å². The lowest BCUT2D eigenvalue weighted by Crippen LogP contribution is -2.48. The van der Waals surface area contributed by atoms with Gasteiger partial charge in [-0.2, -0.15) is 13.2 Å². The molecule has 1 aromatic carbocycles. The molecule has 1 amide bonds. The highest BCUT2D eigenvalue weighted by Crippen LogP contribution is 2.30. The first kappa shape index (κ1) is 18.1. The number of ether oxygens (including phenoxy) is 1. The van der Waals surface area contributed by atoms with E-state index >= 15 is 0 Å². The van der Waals surface area contributed by atoms with E-state index in [1.807, 2.05) is 0 Å². The van der Waals surface area contributed by atoms with Crippen molar-refractivity contribution in [2.75, 3.05) is 7.11 Å². The lowest BCUT2D eigenvalue weighted by molar-refractivity contribution is -0.175. The van der Waals surface area contributed by atoms with E-state index in [-0.39, 0.29) is 12.2 Å². The number of esters is 1. The molecular weight excluding hydrogens is 397 g/mol. The van der Waals surface area contributed by atoms with E-state index in [0.29, 0.717) is 21.1 Å². The van der Waals surface area contributed by atoms with Crippen molar-refractivity contribution in [1.82, 2.24) is 10.3 Å². The number of nitrogens with one attached hydrogen (secondary N) is 2. The Balaban J connectivity index is 2.36. The van der Waals surface area contributed by atoms with Gasteiger partial charge >= 0.3 is 18.1 Å².